The Morgan fingerprint density at radius 1 is 1.40 bits per heavy atom. The summed E-state index contributed by atoms with van der Waals surface area (Å²) in [4.78, 5) is 0. The van der Waals surface area contributed by atoms with Gasteiger partial charge in [0, 0.05) is 23.2 Å². The first-order valence-electron chi connectivity index (χ1n) is 4.50. The molecule has 0 saturated heterocycles. The third-order valence-corrected chi connectivity index (χ3v) is 2.30. The molecule has 86 valence electrons. The predicted octanol–water partition coefficient (Wildman–Crippen LogP) is 2.24. The van der Waals surface area contributed by atoms with Crippen molar-refractivity contribution in [3.05, 3.63) is 28.8 Å². The number of benzene rings is 1. The minimum atomic E-state index is -0.277. The molecule has 15 heavy (non-hydrogen) atoms. The van der Waals surface area contributed by atoms with Crippen molar-refractivity contribution in [3.8, 4) is 5.75 Å². The number of aliphatic hydroxyl groups excluding tert-OH is 1. The average Bonchev–Trinajstić information content (AvgIpc) is 2.18. The molecule has 0 bridgehead atoms. The Morgan fingerprint density at radius 3 is 2.67 bits per heavy atom. The van der Waals surface area contributed by atoms with E-state index in [0.29, 0.717) is 23.4 Å². The van der Waals surface area contributed by atoms with E-state index in [2.05, 4.69) is 0 Å². The number of hydrogen-bond acceptors (Lipinski definition) is 3. The molecule has 0 amide bonds. The first-order chi connectivity index (χ1) is 6.65. The van der Waals surface area contributed by atoms with Crippen LogP contribution >= 0.6 is 24.0 Å². The van der Waals surface area contributed by atoms with Crippen LogP contribution in [-0.4, -0.2) is 16.8 Å². The second kappa shape index (κ2) is 6.90. The minimum Gasteiger partial charge on any atom is -0.508 e. The number of hydrogen-bond donors (Lipinski definition) is 3. The number of phenols is 1. The molecule has 0 saturated carbocycles. The van der Waals surface area contributed by atoms with Gasteiger partial charge in [-0.15, -0.1) is 12.4 Å². The summed E-state index contributed by atoms with van der Waals surface area (Å²) in [6.45, 7) is 0.106. The zero-order chi connectivity index (χ0) is 10.6. The zero-order valence-corrected chi connectivity index (χ0v) is 9.76. The van der Waals surface area contributed by atoms with E-state index in [1.54, 1.807) is 12.1 Å². The second-order valence-corrected chi connectivity index (χ2v) is 3.61. The standard InChI is InChI=1S/C10H14ClNO2.ClH/c11-7-3-4-10(14)8(6-7)9(12)2-1-5-13;/h3-4,6,9,13-14H,1-2,5,12H2;1H/t9-;/m1./s1. The van der Waals surface area contributed by atoms with Crippen LogP contribution in [0.15, 0.2) is 18.2 Å². The molecule has 0 aliphatic rings. The molecule has 0 aromatic heterocycles. The smallest absolute Gasteiger partial charge is 0.120 e. The van der Waals surface area contributed by atoms with Gasteiger partial charge < -0.3 is 15.9 Å². The number of halogens is 2. The van der Waals surface area contributed by atoms with Gasteiger partial charge in [-0.1, -0.05) is 11.6 Å². The molecule has 0 spiro atoms. The lowest BCUT2D eigenvalue weighted by atomic mass is 10.0. The van der Waals surface area contributed by atoms with Crippen LogP contribution in [0.4, 0.5) is 0 Å². The summed E-state index contributed by atoms with van der Waals surface area (Å²) in [7, 11) is 0. The molecule has 1 atom stereocenters. The third kappa shape index (κ3) is 4.26. The Kier molecular flexibility index (Phi) is 6.68. The lowest BCUT2D eigenvalue weighted by Gasteiger charge is -2.13. The van der Waals surface area contributed by atoms with E-state index in [1.807, 2.05) is 0 Å². The molecule has 1 rings (SSSR count). The normalized spacial score (nSPS) is 11.9. The molecule has 0 heterocycles. The largest absolute Gasteiger partial charge is 0.508 e. The Hall–Kier alpha value is -0.480. The monoisotopic (exact) mass is 251 g/mol. The van der Waals surface area contributed by atoms with E-state index in [-0.39, 0.29) is 30.8 Å². The number of nitrogens with two attached hydrogens (primary N) is 1. The van der Waals surface area contributed by atoms with Crippen LogP contribution in [0.2, 0.25) is 5.02 Å². The summed E-state index contributed by atoms with van der Waals surface area (Å²) in [6, 6.07) is 4.51. The van der Waals surface area contributed by atoms with Crippen molar-refractivity contribution in [1.82, 2.24) is 0 Å². The van der Waals surface area contributed by atoms with Crippen LogP contribution < -0.4 is 5.73 Å². The van der Waals surface area contributed by atoms with Gasteiger partial charge in [-0.05, 0) is 31.0 Å². The highest BCUT2D eigenvalue weighted by Gasteiger charge is 2.10. The molecule has 5 heteroatoms. The highest BCUT2D eigenvalue weighted by molar-refractivity contribution is 6.30. The molecular weight excluding hydrogens is 237 g/mol. The molecule has 0 aliphatic heterocycles. The van der Waals surface area contributed by atoms with Crippen molar-refractivity contribution in [2.24, 2.45) is 5.73 Å². The summed E-state index contributed by atoms with van der Waals surface area (Å²) in [5.74, 6) is 0.153. The minimum absolute atomic E-state index is 0. The predicted molar refractivity (Wildman–Crippen MR) is 63.6 cm³/mol. The molecule has 0 aliphatic carbocycles. The summed E-state index contributed by atoms with van der Waals surface area (Å²) < 4.78 is 0. The first kappa shape index (κ1) is 14.5. The lowest BCUT2D eigenvalue weighted by Crippen LogP contribution is -2.11. The average molecular weight is 252 g/mol. The lowest BCUT2D eigenvalue weighted by molar-refractivity contribution is 0.279. The van der Waals surface area contributed by atoms with Crippen LogP contribution in [0.5, 0.6) is 5.75 Å². The van der Waals surface area contributed by atoms with Crippen molar-refractivity contribution >= 4 is 24.0 Å². The van der Waals surface area contributed by atoms with E-state index in [9.17, 15) is 5.11 Å². The van der Waals surface area contributed by atoms with Gasteiger partial charge in [0.1, 0.15) is 5.75 Å². The van der Waals surface area contributed by atoms with Gasteiger partial charge in [-0.25, -0.2) is 0 Å². The molecule has 0 unspecified atom stereocenters. The fourth-order valence-electron chi connectivity index (χ4n) is 1.29. The summed E-state index contributed by atoms with van der Waals surface area (Å²) in [6.07, 6.45) is 1.25. The van der Waals surface area contributed by atoms with Gasteiger partial charge in [-0.3, -0.25) is 0 Å². The van der Waals surface area contributed by atoms with Gasteiger partial charge >= 0.3 is 0 Å². The summed E-state index contributed by atoms with van der Waals surface area (Å²) in [5, 5.41) is 18.7. The SMILES string of the molecule is Cl.N[C@H](CCCO)c1cc(Cl)ccc1O. The Bertz CT molecular complexity index is 307. The van der Waals surface area contributed by atoms with Crippen LogP contribution in [0, 0.1) is 0 Å². The van der Waals surface area contributed by atoms with Crippen molar-refractivity contribution in [3.63, 3.8) is 0 Å². The molecule has 1 aromatic carbocycles. The summed E-state index contributed by atoms with van der Waals surface area (Å²) in [5.41, 5.74) is 6.45. The first-order valence-corrected chi connectivity index (χ1v) is 4.88. The van der Waals surface area contributed by atoms with Crippen LogP contribution in [0.1, 0.15) is 24.4 Å². The maximum atomic E-state index is 9.50. The number of phenolic OH excluding ortho intramolecular Hbond substituents is 1. The number of rotatable bonds is 4. The van der Waals surface area contributed by atoms with E-state index in [4.69, 9.17) is 22.4 Å². The number of aromatic hydroxyl groups is 1. The topological polar surface area (TPSA) is 66.5 Å². The van der Waals surface area contributed by atoms with Gasteiger partial charge in [0.2, 0.25) is 0 Å². The Morgan fingerprint density at radius 2 is 2.07 bits per heavy atom. The fraction of sp³-hybridized carbons (Fsp3) is 0.400. The van der Waals surface area contributed by atoms with Crippen LogP contribution in [-0.2, 0) is 0 Å². The number of aliphatic hydroxyl groups is 1. The third-order valence-electron chi connectivity index (χ3n) is 2.06. The van der Waals surface area contributed by atoms with E-state index >= 15 is 0 Å². The Balaban J connectivity index is 0.00000196. The molecule has 0 fully saturated rings. The molecule has 1 aromatic rings. The Labute approximate surface area is 100 Å². The molecule has 0 radical (unpaired) electrons. The molecule has 3 nitrogen and oxygen atoms in total. The maximum Gasteiger partial charge on any atom is 0.120 e. The fourth-order valence-corrected chi connectivity index (χ4v) is 1.47. The van der Waals surface area contributed by atoms with E-state index in [0.717, 1.165) is 0 Å². The molecule has 4 N–H and O–H groups in total. The second-order valence-electron chi connectivity index (χ2n) is 3.18. The highest BCUT2D eigenvalue weighted by Crippen LogP contribution is 2.28. The van der Waals surface area contributed by atoms with Crippen molar-refractivity contribution in [2.75, 3.05) is 6.61 Å². The zero-order valence-electron chi connectivity index (χ0n) is 8.19. The van der Waals surface area contributed by atoms with E-state index < -0.39 is 0 Å². The van der Waals surface area contributed by atoms with Crippen molar-refractivity contribution in [2.45, 2.75) is 18.9 Å². The van der Waals surface area contributed by atoms with E-state index in [1.165, 1.54) is 6.07 Å². The van der Waals surface area contributed by atoms with Crippen LogP contribution in [0.25, 0.3) is 0 Å². The van der Waals surface area contributed by atoms with Gasteiger partial charge in [0.25, 0.3) is 0 Å². The van der Waals surface area contributed by atoms with Gasteiger partial charge in [0.05, 0.1) is 0 Å². The van der Waals surface area contributed by atoms with Crippen molar-refractivity contribution in [1.29, 1.82) is 0 Å². The molecular formula is C10H15Cl2NO2. The maximum absolute atomic E-state index is 9.50. The van der Waals surface area contributed by atoms with Crippen molar-refractivity contribution < 1.29 is 10.2 Å². The highest BCUT2D eigenvalue weighted by atomic mass is 35.5. The summed E-state index contributed by atoms with van der Waals surface area (Å²) >= 11 is 5.78. The van der Waals surface area contributed by atoms with Gasteiger partial charge in [-0.2, -0.15) is 0 Å². The van der Waals surface area contributed by atoms with Gasteiger partial charge in [0.15, 0.2) is 0 Å². The van der Waals surface area contributed by atoms with Crippen LogP contribution in [0.3, 0.4) is 0 Å². The quantitative estimate of drug-likeness (QED) is 0.769.